The van der Waals surface area contributed by atoms with Crippen LogP contribution in [0.15, 0.2) is 22.7 Å². The molecule has 0 spiro atoms. The standard InChI is InChI=1S/C12H17BrN2O2S/c1-2-3-6-18(17)8-12(16)15-11-5-4-9(14)7-10(11)13/h4-5,7H,2-3,6,8,14H2,1H3,(H,15,16). The highest BCUT2D eigenvalue weighted by molar-refractivity contribution is 9.10. The number of halogens is 1. The van der Waals surface area contributed by atoms with E-state index in [0.717, 1.165) is 17.3 Å². The molecule has 1 aromatic carbocycles. The first-order valence-corrected chi connectivity index (χ1v) is 8.01. The van der Waals surface area contributed by atoms with E-state index in [1.165, 1.54) is 0 Å². The molecular weight excluding hydrogens is 316 g/mol. The molecule has 0 heterocycles. The van der Waals surface area contributed by atoms with E-state index < -0.39 is 10.8 Å². The molecular formula is C12H17BrN2O2S. The number of amides is 1. The molecule has 0 saturated heterocycles. The third-order valence-electron chi connectivity index (χ3n) is 2.28. The quantitative estimate of drug-likeness (QED) is 0.786. The second-order valence-electron chi connectivity index (χ2n) is 3.93. The average Bonchev–Trinajstić information content (AvgIpc) is 2.30. The Labute approximate surface area is 118 Å². The van der Waals surface area contributed by atoms with Gasteiger partial charge in [0.05, 0.1) is 5.69 Å². The van der Waals surface area contributed by atoms with E-state index in [-0.39, 0.29) is 11.7 Å². The molecule has 0 aliphatic carbocycles. The lowest BCUT2D eigenvalue weighted by Crippen LogP contribution is -2.21. The largest absolute Gasteiger partial charge is 0.399 e. The highest BCUT2D eigenvalue weighted by atomic mass is 79.9. The van der Waals surface area contributed by atoms with Crippen molar-refractivity contribution < 1.29 is 9.00 Å². The van der Waals surface area contributed by atoms with Crippen LogP contribution in [0.4, 0.5) is 11.4 Å². The number of nitrogens with two attached hydrogens (primary N) is 1. The van der Waals surface area contributed by atoms with E-state index in [4.69, 9.17) is 5.73 Å². The van der Waals surface area contributed by atoms with Crippen molar-refractivity contribution in [1.82, 2.24) is 0 Å². The third kappa shape index (κ3) is 5.18. The lowest BCUT2D eigenvalue weighted by atomic mass is 10.3. The molecule has 0 fully saturated rings. The predicted octanol–water partition coefficient (Wildman–Crippen LogP) is 2.52. The molecule has 0 bridgehead atoms. The number of carbonyl (C=O) groups is 1. The Morgan fingerprint density at radius 2 is 2.22 bits per heavy atom. The highest BCUT2D eigenvalue weighted by Gasteiger charge is 2.09. The van der Waals surface area contributed by atoms with Gasteiger partial charge in [0.2, 0.25) is 5.91 Å². The molecule has 0 radical (unpaired) electrons. The van der Waals surface area contributed by atoms with Gasteiger partial charge in [-0.3, -0.25) is 9.00 Å². The predicted molar refractivity (Wildman–Crippen MR) is 80.0 cm³/mol. The minimum absolute atomic E-state index is 0.0385. The van der Waals surface area contributed by atoms with Crippen LogP contribution >= 0.6 is 15.9 Å². The van der Waals surface area contributed by atoms with Gasteiger partial charge in [0.15, 0.2) is 0 Å². The molecule has 0 saturated carbocycles. The Kier molecular flexibility index (Phi) is 6.35. The maximum atomic E-state index is 11.7. The first-order chi connectivity index (χ1) is 8.52. The molecule has 3 N–H and O–H groups in total. The van der Waals surface area contributed by atoms with Crippen molar-refractivity contribution in [3.05, 3.63) is 22.7 Å². The highest BCUT2D eigenvalue weighted by Crippen LogP contribution is 2.24. The first kappa shape index (κ1) is 15.2. The molecule has 0 aliphatic heterocycles. The van der Waals surface area contributed by atoms with Gasteiger partial charge in [0.25, 0.3) is 0 Å². The number of nitrogen functional groups attached to an aromatic ring is 1. The lowest BCUT2D eigenvalue weighted by molar-refractivity contribution is -0.113. The summed E-state index contributed by atoms with van der Waals surface area (Å²) in [6, 6.07) is 5.13. The summed E-state index contributed by atoms with van der Waals surface area (Å²) < 4.78 is 12.3. The summed E-state index contributed by atoms with van der Waals surface area (Å²) in [6.45, 7) is 2.03. The minimum atomic E-state index is -1.09. The van der Waals surface area contributed by atoms with E-state index >= 15 is 0 Å². The maximum Gasteiger partial charge on any atom is 0.237 e. The number of hydrogen-bond acceptors (Lipinski definition) is 3. The molecule has 1 unspecified atom stereocenters. The van der Waals surface area contributed by atoms with Crippen LogP contribution in [-0.4, -0.2) is 21.6 Å². The van der Waals surface area contributed by atoms with Crippen LogP contribution in [0.3, 0.4) is 0 Å². The molecule has 6 heteroatoms. The van der Waals surface area contributed by atoms with Gasteiger partial charge in [0, 0.05) is 26.7 Å². The van der Waals surface area contributed by atoms with E-state index in [0.29, 0.717) is 17.1 Å². The fourth-order valence-electron chi connectivity index (χ4n) is 1.34. The summed E-state index contributed by atoms with van der Waals surface area (Å²) in [6.07, 6.45) is 1.86. The SMILES string of the molecule is CCCCS(=O)CC(=O)Nc1ccc(N)cc1Br. The van der Waals surface area contributed by atoms with Gasteiger partial charge in [-0.25, -0.2) is 0 Å². The molecule has 1 amide bonds. The molecule has 4 nitrogen and oxygen atoms in total. The van der Waals surface area contributed by atoms with Gasteiger partial charge in [-0.05, 0) is 40.5 Å². The number of carbonyl (C=O) groups excluding carboxylic acids is 1. The fourth-order valence-corrected chi connectivity index (χ4v) is 2.96. The van der Waals surface area contributed by atoms with E-state index in [1.807, 2.05) is 6.92 Å². The number of nitrogens with one attached hydrogen (secondary N) is 1. The van der Waals surface area contributed by atoms with Crippen molar-refractivity contribution >= 4 is 44.0 Å². The number of rotatable bonds is 6. The monoisotopic (exact) mass is 332 g/mol. The minimum Gasteiger partial charge on any atom is -0.399 e. The van der Waals surface area contributed by atoms with Gasteiger partial charge in [0.1, 0.15) is 5.75 Å². The Morgan fingerprint density at radius 1 is 1.50 bits per heavy atom. The zero-order chi connectivity index (χ0) is 13.5. The van der Waals surface area contributed by atoms with Crippen LogP contribution in [-0.2, 0) is 15.6 Å². The summed E-state index contributed by atoms with van der Waals surface area (Å²) in [5.41, 5.74) is 6.86. The summed E-state index contributed by atoms with van der Waals surface area (Å²) in [5.74, 6) is 0.374. The molecule has 1 aromatic rings. The van der Waals surface area contributed by atoms with Crippen molar-refractivity contribution in [2.24, 2.45) is 0 Å². The zero-order valence-corrected chi connectivity index (χ0v) is 12.6. The van der Waals surface area contributed by atoms with Gasteiger partial charge in [-0.15, -0.1) is 0 Å². The molecule has 0 aromatic heterocycles. The Morgan fingerprint density at radius 3 is 2.83 bits per heavy atom. The van der Waals surface area contributed by atoms with Crippen molar-refractivity contribution in [2.75, 3.05) is 22.6 Å². The summed E-state index contributed by atoms with van der Waals surface area (Å²) in [7, 11) is -1.09. The maximum absolute atomic E-state index is 11.7. The second kappa shape index (κ2) is 7.53. The van der Waals surface area contributed by atoms with E-state index in [2.05, 4.69) is 21.2 Å². The number of benzene rings is 1. The molecule has 1 rings (SSSR count). The molecule has 0 aliphatic rings. The topological polar surface area (TPSA) is 72.2 Å². The summed E-state index contributed by atoms with van der Waals surface area (Å²) in [4.78, 5) is 11.7. The van der Waals surface area contributed by atoms with Crippen LogP contribution in [0.1, 0.15) is 19.8 Å². The average molecular weight is 333 g/mol. The van der Waals surface area contributed by atoms with Crippen molar-refractivity contribution in [2.45, 2.75) is 19.8 Å². The first-order valence-electron chi connectivity index (χ1n) is 5.72. The number of unbranched alkanes of at least 4 members (excludes halogenated alkanes) is 1. The van der Waals surface area contributed by atoms with Crippen LogP contribution in [0.2, 0.25) is 0 Å². The lowest BCUT2D eigenvalue weighted by Gasteiger charge is -2.08. The van der Waals surface area contributed by atoms with Crippen LogP contribution in [0, 0.1) is 0 Å². The Hall–Kier alpha value is -0.880. The van der Waals surface area contributed by atoms with Gasteiger partial charge < -0.3 is 11.1 Å². The summed E-state index contributed by atoms with van der Waals surface area (Å²) >= 11 is 3.31. The van der Waals surface area contributed by atoms with Crippen molar-refractivity contribution in [3.8, 4) is 0 Å². The normalized spacial score (nSPS) is 12.1. The number of hydrogen-bond donors (Lipinski definition) is 2. The Balaban J connectivity index is 2.51. The van der Waals surface area contributed by atoms with Crippen LogP contribution in [0.25, 0.3) is 0 Å². The smallest absolute Gasteiger partial charge is 0.237 e. The van der Waals surface area contributed by atoms with Gasteiger partial charge >= 0.3 is 0 Å². The van der Waals surface area contributed by atoms with Crippen molar-refractivity contribution in [3.63, 3.8) is 0 Å². The fraction of sp³-hybridized carbons (Fsp3) is 0.417. The van der Waals surface area contributed by atoms with E-state index in [9.17, 15) is 9.00 Å². The zero-order valence-electron chi connectivity index (χ0n) is 10.2. The van der Waals surface area contributed by atoms with Crippen molar-refractivity contribution in [1.29, 1.82) is 0 Å². The second-order valence-corrected chi connectivity index (χ2v) is 6.36. The van der Waals surface area contributed by atoms with E-state index in [1.54, 1.807) is 18.2 Å². The Bertz CT molecular complexity index is 452. The van der Waals surface area contributed by atoms with Gasteiger partial charge in [-0.1, -0.05) is 13.3 Å². The van der Waals surface area contributed by atoms with Crippen LogP contribution < -0.4 is 11.1 Å². The van der Waals surface area contributed by atoms with Gasteiger partial charge in [-0.2, -0.15) is 0 Å². The third-order valence-corrected chi connectivity index (χ3v) is 4.27. The number of anilines is 2. The van der Waals surface area contributed by atoms with Crippen LogP contribution in [0.5, 0.6) is 0 Å². The molecule has 100 valence electrons. The molecule has 1 atom stereocenters. The summed E-state index contributed by atoms with van der Waals surface area (Å²) in [5, 5.41) is 2.71. The molecule has 18 heavy (non-hydrogen) atoms.